The molecule has 0 radical (unpaired) electrons. The molecule has 150 valence electrons. The number of rotatable bonds is 5. The van der Waals surface area contributed by atoms with Crippen LogP contribution in [-0.4, -0.2) is 34.4 Å². The number of likely N-dealkylation sites (tertiary alicyclic amines) is 1. The Morgan fingerprint density at radius 2 is 2.14 bits per heavy atom. The summed E-state index contributed by atoms with van der Waals surface area (Å²) in [6.07, 6.45) is 6.35. The topological polar surface area (TPSA) is 68.5 Å². The van der Waals surface area contributed by atoms with Gasteiger partial charge < -0.3 is 14.1 Å². The Labute approximate surface area is 168 Å². The molecule has 1 aliphatic rings. The molecule has 3 aromatic rings. The standard InChI is InChI=1S/C22H22FN3O3/c1-28-20-9-8-16(13-24-20)22(27)26-10-3-2-7-19(26)21-25-14-18(29-21)12-15-5-4-6-17(23)11-15/h4-6,8-9,11,13-14,19H,2-3,7,10,12H2,1H3/t19-/m0/s1. The van der Waals surface area contributed by atoms with Gasteiger partial charge in [-0.1, -0.05) is 12.1 Å². The van der Waals surface area contributed by atoms with E-state index in [2.05, 4.69) is 9.97 Å². The van der Waals surface area contributed by atoms with Crippen LogP contribution in [-0.2, 0) is 6.42 Å². The molecule has 0 N–H and O–H groups in total. The molecule has 2 aromatic heterocycles. The highest BCUT2D eigenvalue weighted by atomic mass is 19.1. The number of carbonyl (C=O) groups is 1. The van der Waals surface area contributed by atoms with E-state index in [1.165, 1.54) is 25.4 Å². The third-order valence-corrected chi connectivity index (χ3v) is 5.08. The maximum atomic E-state index is 13.4. The fourth-order valence-corrected chi connectivity index (χ4v) is 3.63. The lowest BCUT2D eigenvalue weighted by atomic mass is 10.0. The molecule has 0 spiro atoms. The van der Waals surface area contributed by atoms with Gasteiger partial charge in [-0.15, -0.1) is 0 Å². The van der Waals surface area contributed by atoms with Crippen LogP contribution in [0.25, 0.3) is 0 Å². The van der Waals surface area contributed by atoms with Crippen LogP contribution >= 0.6 is 0 Å². The van der Waals surface area contributed by atoms with Crippen LogP contribution in [0.4, 0.5) is 4.39 Å². The van der Waals surface area contributed by atoms with Gasteiger partial charge in [-0.25, -0.2) is 14.4 Å². The normalized spacial score (nSPS) is 16.6. The quantitative estimate of drug-likeness (QED) is 0.648. The minimum absolute atomic E-state index is 0.102. The van der Waals surface area contributed by atoms with Crippen molar-refractivity contribution in [1.82, 2.24) is 14.9 Å². The predicted molar refractivity (Wildman–Crippen MR) is 104 cm³/mol. The zero-order valence-electron chi connectivity index (χ0n) is 16.2. The second-order valence-corrected chi connectivity index (χ2v) is 7.07. The summed E-state index contributed by atoms with van der Waals surface area (Å²) in [4.78, 5) is 23.4. The number of piperidine rings is 1. The van der Waals surface area contributed by atoms with Crippen LogP contribution in [0.2, 0.25) is 0 Å². The van der Waals surface area contributed by atoms with Gasteiger partial charge >= 0.3 is 0 Å². The van der Waals surface area contributed by atoms with Crippen LogP contribution in [0.3, 0.4) is 0 Å². The highest BCUT2D eigenvalue weighted by molar-refractivity contribution is 5.94. The Balaban J connectivity index is 1.52. The van der Waals surface area contributed by atoms with Gasteiger partial charge in [0.15, 0.2) is 0 Å². The van der Waals surface area contributed by atoms with Gasteiger partial charge in [-0.05, 0) is 43.0 Å². The second kappa shape index (κ2) is 8.43. The number of halogens is 1. The molecule has 0 bridgehead atoms. The van der Waals surface area contributed by atoms with Crippen molar-refractivity contribution in [3.8, 4) is 5.88 Å². The molecule has 0 saturated carbocycles. The molecule has 0 unspecified atom stereocenters. The number of nitrogens with zero attached hydrogens (tertiary/aromatic N) is 3. The lowest BCUT2D eigenvalue weighted by Crippen LogP contribution is -2.38. The van der Waals surface area contributed by atoms with E-state index in [0.717, 1.165) is 24.8 Å². The first-order chi connectivity index (χ1) is 14.1. The summed E-state index contributed by atoms with van der Waals surface area (Å²) in [6, 6.07) is 9.58. The van der Waals surface area contributed by atoms with Gasteiger partial charge in [0, 0.05) is 25.2 Å². The number of pyridine rings is 1. The molecule has 4 rings (SSSR count). The van der Waals surface area contributed by atoms with Crippen molar-refractivity contribution >= 4 is 5.91 Å². The molecule has 1 saturated heterocycles. The van der Waals surface area contributed by atoms with E-state index in [9.17, 15) is 9.18 Å². The van der Waals surface area contributed by atoms with Crippen molar-refractivity contribution < 1.29 is 18.3 Å². The van der Waals surface area contributed by atoms with E-state index < -0.39 is 0 Å². The highest BCUT2D eigenvalue weighted by Gasteiger charge is 2.32. The smallest absolute Gasteiger partial charge is 0.256 e. The lowest BCUT2D eigenvalue weighted by molar-refractivity contribution is 0.0569. The summed E-state index contributed by atoms with van der Waals surface area (Å²) in [5.41, 5.74) is 1.32. The number of ether oxygens (including phenoxy) is 1. The van der Waals surface area contributed by atoms with E-state index in [4.69, 9.17) is 9.15 Å². The molecule has 3 heterocycles. The summed E-state index contributed by atoms with van der Waals surface area (Å²) >= 11 is 0. The second-order valence-electron chi connectivity index (χ2n) is 7.07. The minimum atomic E-state index is -0.278. The summed E-state index contributed by atoms with van der Waals surface area (Å²) in [5.74, 6) is 1.25. The van der Waals surface area contributed by atoms with Crippen molar-refractivity contribution in [2.75, 3.05) is 13.7 Å². The molecule has 1 aliphatic heterocycles. The Bertz CT molecular complexity index is 987. The van der Waals surface area contributed by atoms with E-state index in [-0.39, 0.29) is 17.8 Å². The van der Waals surface area contributed by atoms with Crippen LogP contribution in [0.15, 0.2) is 53.2 Å². The average molecular weight is 395 g/mol. The van der Waals surface area contributed by atoms with Crippen molar-refractivity contribution in [1.29, 1.82) is 0 Å². The van der Waals surface area contributed by atoms with Crippen LogP contribution in [0.1, 0.15) is 52.9 Å². The fourth-order valence-electron chi connectivity index (χ4n) is 3.63. The zero-order valence-corrected chi connectivity index (χ0v) is 16.2. The zero-order chi connectivity index (χ0) is 20.2. The number of amides is 1. The molecule has 1 aromatic carbocycles. The number of hydrogen-bond acceptors (Lipinski definition) is 5. The minimum Gasteiger partial charge on any atom is -0.481 e. The number of hydrogen-bond donors (Lipinski definition) is 0. The van der Waals surface area contributed by atoms with Gasteiger partial charge in [0.25, 0.3) is 5.91 Å². The SMILES string of the molecule is COc1ccc(C(=O)N2CCCC[C@H]2c2ncc(Cc3cccc(F)c3)o2)cn1. The first-order valence-electron chi connectivity index (χ1n) is 9.64. The largest absolute Gasteiger partial charge is 0.481 e. The Kier molecular flexibility index (Phi) is 5.55. The van der Waals surface area contributed by atoms with Crippen LogP contribution in [0, 0.1) is 5.82 Å². The first-order valence-corrected chi connectivity index (χ1v) is 9.64. The molecule has 1 amide bonds. The van der Waals surface area contributed by atoms with Crippen LogP contribution in [0.5, 0.6) is 5.88 Å². The fraction of sp³-hybridized carbons (Fsp3) is 0.318. The molecule has 7 heteroatoms. The lowest BCUT2D eigenvalue weighted by Gasteiger charge is -2.33. The Morgan fingerprint density at radius 1 is 1.24 bits per heavy atom. The van der Waals surface area contributed by atoms with Gasteiger partial charge in [-0.2, -0.15) is 0 Å². The van der Waals surface area contributed by atoms with Crippen molar-refractivity contribution in [3.63, 3.8) is 0 Å². The van der Waals surface area contributed by atoms with Gasteiger partial charge in [0.2, 0.25) is 11.8 Å². The maximum Gasteiger partial charge on any atom is 0.256 e. The van der Waals surface area contributed by atoms with Gasteiger partial charge in [-0.3, -0.25) is 4.79 Å². The van der Waals surface area contributed by atoms with Crippen molar-refractivity contribution in [2.45, 2.75) is 31.7 Å². The van der Waals surface area contributed by atoms with Crippen LogP contribution < -0.4 is 4.74 Å². The summed E-state index contributed by atoms with van der Waals surface area (Å²) in [7, 11) is 1.54. The third-order valence-electron chi connectivity index (χ3n) is 5.08. The number of benzene rings is 1. The Hall–Kier alpha value is -3.22. The molecule has 1 fully saturated rings. The first kappa shape index (κ1) is 19.1. The average Bonchev–Trinajstić information content (AvgIpc) is 3.21. The third kappa shape index (κ3) is 4.29. The summed E-state index contributed by atoms with van der Waals surface area (Å²) in [5, 5.41) is 0. The van der Waals surface area contributed by atoms with Crippen molar-refractivity contribution in [2.24, 2.45) is 0 Å². The van der Waals surface area contributed by atoms with E-state index >= 15 is 0 Å². The molecule has 6 nitrogen and oxygen atoms in total. The van der Waals surface area contributed by atoms with Gasteiger partial charge in [0.1, 0.15) is 17.6 Å². The monoisotopic (exact) mass is 395 g/mol. The van der Waals surface area contributed by atoms with E-state index in [0.29, 0.717) is 36.1 Å². The van der Waals surface area contributed by atoms with Gasteiger partial charge in [0.05, 0.1) is 18.9 Å². The number of methoxy groups -OCH3 is 1. The molecule has 0 aliphatic carbocycles. The molecular formula is C22H22FN3O3. The van der Waals surface area contributed by atoms with E-state index in [1.54, 1.807) is 29.3 Å². The van der Waals surface area contributed by atoms with E-state index in [1.807, 2.05) is 6.07 Å². The summed E-state index contributed by atoms with van der Waals surface area (Å²) in [6.45, 7) is 0.636. The molecule has 29 heavy (non-hydrogen) atoms. The number of carbonyl (C=O) groups excluding carboxylic acids is 1. The molecular weight excluding hydrogens is 373 g/mol. The summed E-state index contributed by atoms with van der Waals surface area (Å²) < 4.78 is 24.4. The highest BCUT2D eigenvalue weighted by Crippen LogP contribution is 2.32. The number of oxazole rings is 1. The van der Waals surface area contributed by atoms with Crippen molar-refractivity contribution in [3.05, 3.63) is 77.4 Å². The molecule has 1 atom stereocenters. The maximum absolute atomic E-state index is 13.4. The Morgan fingerprint density at radius 3 is 2.90 bits per heavy atom. The number of aromatic nitrogens is 2. The predicted octanol–water partition coefficient (Wildman–Crippen LogP) is 4.18.